The highest BCUT2D eigenvalue weighted by Crippen LogP contribution is 2.29. The molecule has 0 amide bonds. The average molecular weight is 365 g/mol. The Bertz CT molecular complexity index is 1070. The smallest absolute Gasteiger partial charge is 0.343 e. The highest BCUT2D eigenvalue weighted by molar-refractivity contribution is 5.92. The van der Waals surface area contributed by atoms with Crippen molar-refractivity contribution < 1.29 is 18.7 Å². The average Bonchev–Trinajstić information content (AvgIpc) is 3.12. The lowest BCUT2D eigenvalue weighted by Gasteiger charge is -2.10. The van der Waals surface area contributed by atoms with Gasteiger partial charge in [0.2, 0.25) is 5.88 Å². The van der Waals surface area contributed by atoms with Crippen LogP contribution in [0.1, 0.15) is 40.4 Å². The number of aromatic nitrogens is 1. The number of hydrogen-bond donors (Lipinski definition) is 0. The summed E-state index contributed by atoms with van der Waals surface area (Å²) in [7, 11) is 0. The van der Waals surface area contributed by atoms with Crippen molar-refractivity contribution in [1.82, 2.24) is 4.98 Å². The van der Waals surface area contributed by atoms with Gasteiger partial charge in [-0.3, -0.25) is 0 Å². The van der Waals surface area contributed by atoms with Gasteiger partial charge in [0.15, 0.2) is 0 Å². The van der Waals surface area contributed by atoms with E-state index in [4.69, 9.17) is 13.9 Å². The van der Waals surface area contributed by atoms with E-state index in [9.17, 15) is 9.59 Å². The lowest BCUT2D eigenvalue weighted by molar-refractivity contribution is 0.0468. The molecule has 27 heavy (non-hydrogen) atoms. The second kappa shape index (κ2) is 7.23. The fourth-order valence-electron chi connectivity index (χ4n) is 3.43. The van der Waals surface area contributed by atoms with Crippen LogP contribution >= 0.6 is 0 Å². The van der Waals surface area contributed by atoms with Crippen LogP contribution in [0.2, 0.25) is 0 Å². The van der Waals surface area contributed by atoms with Crippen LogP contribution in [0.5, 0.6) is 5.88 Å². The van der Waals surface area contributed by atoms with Crippen LogP contribution in [-0.2, 0) is 24.2 Å². The third-order valence-electron chi connectivity index (χ3n) is 4.67. The quantitative estimate of drug-likeness (QED) is 0.509. The molecule has 1 aliphatic rings. The molecule has 2 heterocycles. The summed E-state index contributed by atoms with van der Waals surface area (Å²) in [6.45, 7) is 2.19. The van der Waals surface area contributed by atoms with E-state index in [0.29, 0.717) is 17.8 Å². The summed E-state index contributed by atoms with van der Waals surface area (Å²) >= 11 is 0. The summed E-state index contributed by atoms with van der Waals surface area (Å²) in [4.78, 5) is 28.5. The van der Waals surface area contributed by atoms with E-state index in [2.05, 4.69) is 4.98 Å². The Kier molecular flexibility index (Phi) is 4.62. The second-order valence-electron chi connectivity index (χ2n) is 6.43. The third kappa shape index (κ3) is 3.43. The fourth-order valence-corrected chi connectivity index (χ4v) is 3.43. The molecular formula is C21H19NO5. The molecule has 0 saturated carbocycles. The van der Waals surface area contributed by atoms with Crippen molar-refractivity contribution >= 4 is 16.9 Å². The number of rotatable bonds is 5. The number of carbonyl (C=O) groups is 1. The Morgan fingerprint density at radius 2 is 2.04 bits per heavy atom. The van der Waals surface area contributed by atoms with Crippen molar-refractivity contribution in [2.24, 2.45) is 0 Å². The zero-order chi connectivity index (χ0) is 18.8. The minimum Gasteiger partial charge on any atom is -0.477 e. The number of hydrogen-bond acceptors (Lipinski definition) is 6. The molecule has 1 aromatic carbocycles. The lowest BCUT2D eigenvalue weighted by Crippen LogP contribution is -2.10. The topological polar surface area (TPSA) is 78.6 Å². The molecule has 4 rings (SSSR count). The van der Waals surface area contributed by atoms with Crippen LogP contribution < -0.4 is 10.4 Å². The van der Waals surface area contributed by atoms with Gasteiger partial charge in [-0.2, -0.15) is 0 Å². The standard InChI is InChI=1S/C21H19NO5/c1-2-25-20-16(7-4-8-22-20)21(24)26-12-15-11-19(23)27-18-10-14-6-3-5-13(14)9-17(15)18/h4,7-11H,2-3,5-6,12H2,1H3. The molecule has 0 spiro atoms. The van der Waals surface area contributed by atoms with Crippen molar-refractivity contribution in [3.8, 4) is 5.88 Å². The Hall–Kier alpha value is -3.15. The molecule has 138 valence electrons. The van der Waals surface area contributed by atoms with Crippen molar-refractivity contribution in [3.63, 3.8) is 0 Å². The Morgan fingerprint density at radius 1 is 1.22 bits per heavy atom. The van der Waals surface area contributed by atoms with Crippen molar-refractivity contribution in [1.29, 1.82) is 0 Å². The van der Waals surface area contributed by atoms with Gasteiger partial charge in [0.05, 0.1) is 6.61 Å². The first kappa shape index (κ1) is 17.3. The molecule has 0 aliphatic heterocycles. The first-order chi connectivity index (χ1) is 13.2. The van der Waals surface area contributed by atoms with Gasteiger partial charge in [-0.15, -0.1) is 0 Å². The molecule has 6 heteroatoms. The largest absolute Gasteiger partial charge is 0.477 e. The van der Waals surface area contributed by atoms with Gasteiger partial charge >= 0.3 is 11.6 Å². The summed E-state index contributed by atoms with van der Waals surface area (Å²) < 4.78 is 16.2. The van der Waals surface area contributed by atoms with Crippen LogP contribution in [-0.4, -0.2) is 17.6 Å². The summed E-state index contributed by atoms with van der Waals surface area (Å²) in [6, 6.07) is 8.60. The van der Waals surface area contributed by atoms with E-state index >= 15 is 0 Å². The molecule has 1 aliphatic carbocycles. The van der Waals surface area contributed by atoms with Crippen LogP contribution in [0, 0.1) is 0 Å². The summed E-state index contributed by atoms with van der Waals surface area (Å²) in [6.07, 6.45) is 4.66. The number of esters is 1. The molecular weight excluding hydrogens is 346 g/mol. The van der Waals surface area contributed by atoms with Crippen molar-refractivity contribution in [2.75, 3.05) is 6.61 Å². The number of fused-ring (bicyclic) bond motifs is 2. The molecule has 3 aromatic rings. The molecule has 2 aromatic heterocycles. The number of aryl methyl sites for hydroxylation is 2. The minimum atomic E-state index is -0.547. The summed E-state index contributed by atoms with van der Waals surface area (Å²) in [5, 5.41) is 0.805. The first-order valence-corrected chi connectivity index (χ1v) is 8.99. The van der Waals surface area contributed by atoms with E-state index in [1.54, 1.807) is 18.3 Å². The SMILES string of the molecule is CCOc1ncccc1C(=O)OCc1cc(=O)oc2cc3c(cc12)CCC3. The Morgan fingerprint density at radius 3 is 2.85 bits per heavy atom. The maximum Gasteiger partial charge on any atom is 0.343 e. The molecule has 0 fully saturated rings. The van der Waals surface area contributed by atoms with Gasteiger partial charge in [-0.1, -0.05) is 0 Å². The summed E-state index contributed by atoms with van der Waals surface area (Å²) in [5.74, 6) is -0.311. The number of benzene rings is 1. The maximum absolute atomic E-state index is 12.5. The molecule has 0 N–H and O–H groups in total. The molecule has 0 radical (unpaired) electrons. The molecule has 6 nitrogen and oxygen atoms in total. The second-order valence-corrected chi connectivity index (χ2v) is 6.43. The van der Waals surface area contributed by atoms with E-state index in [-0.39, 0.29) is 18.1 Å². The predicted octanol–water partition coefficient (Wildman–Crippen LogP) is 3.43. The van der Waals surface area contributed by atoms with Crippen LogP contribution in [0.25, 0.3) is 11.0 Å². The monoisotopic (exact) mass is 365 g/mol. The van der Waals surface area contributed by atoms with Gasteiger partial charge < -0.3 is 13.9 Å². The van der Waals surface area contributed by atoms with Crippen LogP contribution in [0.3, 0.4) is 0 Å². The zero-order valence-electron chi connectivity index (χ0n) is 15.0. The molecule has 0 bridgehead atoms. The maximum atomic E-state index is 12.5. The Balaban J connectivity index is 1.62. The highest BCUT2D eigenvalue weighted by Gasteiger charge is 2.18. The van der Waals surface area contributed by atoms with Gasteiger partial charge in [-0.05, 0) is 61.6 Å². The van der Waals surface area contributed by atoms with Gasteiger partial charge in [0.1, 0.15) is 17.8 Å². The first-order valence-electron chi connectivity index (χ1n) is 8.99. The van der Waals surface area contributed by atoms with Crippen LogP contribution in [0.4, 0.5) is 0 Å². The summed E-state index contributed by atoms with van der Waals surface area (Å²) in [5.41, 5.74) is 3.44. The van der Waals surface area contributed by atoms with Gasteiger partial charge in [-0.25, -0.2) is 14.6 Å². The minimum absolute atomic E-state index is 0.0276. The Labute approximate surface area is 155 Å². The third-order valence-corrected chi connectivity index (χ3v) is 4.67. The van der Waals surface area contributed by atoms with E-state index in [1.165, 1.54) is 17.2 Å². The number of carbonyl (C=O) groups excluding carboxylic acids is 1. The van der Waals surface area contributed by atoms with E-state index in [0.717, 1.165) is 24.6 Å². The number of nitrogens with zero attached hydrogens (tertiary/aromatic N) is 1. The van der Waals surface area contributed by atoms with Gasteiger partial charge in [0.25, 0.3) is 0 Å². The number of ether oxygens (including phenoxy) is 2. The fraction of sp³-hybridized carbons (Fsp3) is 0.286. The molecule has 0 unspecified atom stereocenters. The normalized spacial score (nSPS) is 12.8. The van der Waals surface area contributed by atoms with Crippen LogP contribution in [0.15, 0.2) is 45.7 Å². The molecule has 0 atom stereocenters. The molecule has 0 saturated heterocycles. The van der Waals surface area contributed by atoms with E-state index in [1.807, 2.05) is 19.1 Å². The predicted molar refractivity (Wildman–Crippen MR) is 99.0 cm³/mol. The van der Waals surface area contributed by atoms with Gasteiger partial charge in [0, 0.05) is 23.2 Å². The van der Waals surface area contributed by atoms with Crippen molar-refractivity contribution in [2.45, 2.75) is 32.8 Å². The zero-order valence-corrected chi connectivity index (χ0v) is 15.0. The van der Waals surface area contributed by atoms with E-state index < -0.39 is 11.6 Å². The number of pyridine rings is 1. The lowest BCUT2D eigenvalue weighted by atomic mass is 10.0. The van der Waals surface area contributed by atoms with Crippen molar-refractivity contribution in [3.05, 3.63) is 69.2 Å². The highest BCUT2D eigenvalue weighted by atomic mass is 16.5.